The predicted molar refractivity (Wildman–Crippen MR) is 108 cm³/mol. The topological polar surface area (TPSA) is 49.4 Å². The number of nitrogens with zero attached hydrogens (tertiary/aromatic N) is 1. The van der Waals surface area contributed by atoms with Crippen LogP contribution in [-0.2, 0) is 16.0 Å². The highest BCUT2D eigenvalue weighted by Crippen LogP contribution is 2.36. The molecular formula is C23H32N2O2. The molecule has 4 nitrogen and oxygen atoms in total. The quantitative estimate of drug-likeness (QED) is 0.815. The van der Waals surface area contributed by atoms with Crippen molar-refractivity contribution in [3.63, 3.8) is 0 Å². The maximum absolute atomic E-state index is 11.9. The SMILES string of the molecule is O=C1CCC(Cc2ccc(N3CCC(C4CCCCC4)CC3)cc2)C(=O)N1. The number of amides is 2. The van der Waals surface area contributed by atoms with Crippen LogP contribution in [0.1, 0.15) is 63.4 Å². The molecule has 1 aromatic carbocycles. The normalized spacial score (nSPS) is 25.5. The second-order valence-corrected chi connectivity index (χ2v) is 8.74. The third kappa shape index (κ3) is 4.53. The molecule has 2 amide bonds. The summed E-state index contributed by atoms with van der Waals surface area (Å²) in [5, 5.41) is 2.46. The number of benzene rings is 1. The van der Waals surface area contributed by atoms with E-state index >= 15 is 0 Å². The van der Waals surface area contributed by atoms with Gasteiger partial charge in [0.2, 0.25) is 11.8 Å². The molecule has 0 aromatic heterocycles. The number of rotatable bonds is 4. The summed E-state index contributed by atoms with van der Waals surface area (Å²) in [6.07, 6.45) is 11.8. The summed E-state index contributed by atoms with van der Waals surface area (Å²) in [5.41, 5.74) is 2.49. The van der Waals surface area contributed by atoms with Crippen molar-refractivity contribution in [3.8, 4) is 0 Å². The van der Waals surface area contributed by atoms with Crippen molar-refractivity contribution in [1.82, 2.24) is 5.32 Å². The van der Waals surface area contributed by atoms with Crippen LogP contribution in [0.25, 0.3) is 0 Å². The van der Waals surface area contributed by atoms with Crippen LogP contribution >= 0.6 is 0 Å². The Hall–Kier alpha value is -1.84. The van der Waals surface area contributed by atoms with Gasteiger partial charge in [0.05, 0.1) is 0 Å². The van der Waals surface area contributed by atoms with Crippen LogP contribution in [0.4, 0.5) is 5.69 Å². The molecule has 146 valence electrons. The zero-order valence-corrected chi connectivity index (χ0v) is 16.3. The Kier molecular flexibility index (Phi) is 5.80. The molecule has 0 spiro atoms. The van der Waals surface area contributed by atoms with E-state index < -0.39 is 0 Å². The second kappa shape index (κ2) is 8.45. The zero-order chi connectivity index (χ0) is 18.6. The fraction of sp³-hybridized carbons (Fsp3) is 0.652. The molecule has 27 heavy (non-hydrogen) atoms. The van der Waals surface area contributed by atoms with E-state index in [-0.39, 0.29) is 17.7 Å². The third-order valence-corrected chi connectivity index (χ3v) is 6.99. The number of carbonyl (C=O) groups is 2. The number of nitrogens with one attached hydrogen (secondary N) is 1. The molecule has 1 aromatic rings. The Balaban J connectivity index is 1.29. The number of hydrogen-bond donors (Lipinski definition) is 1. The number of carbonyl (C=O) groups excluding carboxylic acids is 2. The van der Waals surface area contributed by atoms with Gasteiger partial charge in [-0.25, -0.2) is 0 Å². The zero-order valence-electron chi connectivity index (χ0n) is 16.3. The average molecular weight is 369 g/mol. The Labute approximate surface area is 162 Å². The van der Waals surface area contributed by atoms with Crippen LogP contribution in [0.5, 0.6) is 0 Å². The van der Waals surface area contributed by atoms with E-state index in [9.17, 15) is 9.59 Å². The molecule has 0 radical (unpaired) electrons. The highest BCUT2D eigenvalue weighted by molar-refractivity contribution is 5.98. The van der Waals surface area contributed by atoms with E-state index in [2.05, 4.69) is 34.5 Å². The van der Waals surface area contributed by atoms with Gasteiger partial charge < -0.3 is 4.90 Å². The Morgan fingerprint density at radius 2 is 1.52 bits per heavy atom. The summed E-state index contributed by atoms with van der Waals surface area (Å²) in [6, 6.07) is 8.74. The molecule has 1 saturated carbocycles. The Morgan fingerprint density at radius 3 is 2.19 bits per heavy atom. The molecule has 4 heteroatoms. The largest absolute Gasteiger partial charge is 0.372 e. The van der Waals surface area contributed by atoms with Crippen molar-refractivity contribution in [3.05, 3.63) is 29.8 Å². The van der Waals surface area contributed by atoms with E-state index in [4.69, 9.17) is 0 Å². The van der Waals surface area contributed by atoms with E-state index in [1.165, 1.54) is 69.3 Å². The standard InChI is InChI=1S/C23H32N2O2/c26-22-11-8-20(23(27)24-22)16-17-6-9-21(10-7-17)25-14-12-19(13-15-25)18-4-2-1-3-5-18/h6-7,9-10,18-20H,1-5,8,11-16H2,(H,24,26,27). The van der Waals surface area contributed by atoms with Crippen LogP contribution in [-0.4, -0.2) is 24.9 Å². The van der Waals surface area contributed by atoms with Gasteiger partial charge in [0.15, 0.2) is 0 Å². The summed E-state index contributed by atoms with van der Waals surface area (Å²) in [7, 11) is 0. The van der Waals surface area contributed by atoms with E-state index in [1.807, 2.05) is 0 Å². The first-order valence-electron chi connectivity index (χ1n) is 10.9. The van der Waals surface area contributed by atoms with Crippen LogP contribution in [0.3, 0.4) is 0 Å². The number of imide groups is 1. The van der Waals surface area contributed by atoms with Gasteiger partial charge in [-0.05, 0) is 55.2 Å². The van der Waals surface area contributed by atoms with Gasteiger partial charge >= 0.3 is 0 Å². The molecular weight excluding hydrogens is 336 g/mol. The monoisotopic (exact) mass is 368 g/mol. The van der Waals surface area contributed by atoms with Crippen molar-refractivity contribution in [2.45, 2.75) is 64.2 Å². The lowest BCUT2D eigenvalue weighted by Crippen LogP contribution is -2.41. The van der Waals surface area contributed by atoms with Crippen molar-refractivity contribution < 1.29 is 9.59 Å². The number of hydrogen-bond acceptors (Lipinski definition) is 3. The van der Waals surface area contributed by atoms with E-state index in [1.54, 1.807) is 0 Å². The lowest BCUT2D eigenvalue weighted by molar-refractivity contribution is -0.136. The number of piperidine rings is 2. The molecule has 3 fully saturated rings. The van der Waals surface area contributed by atoms with Gasteiger partial charge in [-0.3, -0.25) is 14.9 Å². The molecule has 2 saturated heterocycles. The van der Waals surface area contributed by atoms with Gasteiger partial charge in [-0.2, -0.15) is 0 Å². The maximum Gasteiger partial charge on any atom is 0.230 e. The minimum absolute atomic E-state index is 0.0696. The molecule has 1 aliphatic carbocycles. The molecule has 4 rings (SSSR count). The smallest absolute Gasteiger partial charge is 0.230 e. The first kappa shape index (κ1) is 18.5. The second-order valence-electron chi connectivity index (χ2n) is 8.74. The maximum atomic E-state index is 11.9. The van der Waals surface area contributed by atoms with Gasteiger partial charge in [-0.1, -0.05) is 44.2 Å². The van der Waals surface area contributed by atoms with E-state index in [0.29, 0.717) is 12.8 Å². The van der Waals surface area contributed by atoms with Crippen LogP contribution < -0.4 is 10.2 Å². The summed E-state index contributed by atoms with van der Waals surface area (Å²) in [6.45, 7) is 2.35. The summed E-state index contributed by atoms with van der Waals surface area (Å²) < 4.78 is 0. The molecule has 1 atom stereocenters. The van der Waals surface area contributed by atoms with Crippen LogP contribution in [0.15, 0.2) is 24.3 Å². The Morgan fingerprint density at radius 1 is 0.852 bits per heavy atom. The van der Waals surface area contributed by atoms with Crippen LogP contribution in [0, 0.1) is 17.8 Å². The molecule has 0 bridgehead atoms. The number of anilines is 1. The highest BCUT2D eigenvalue weighted by Gasteiger charge is 2.28. The molecule has 3 aliphatic rings. The highest BCUT2D eigenvalue weighted by atomic mass is 16.2. The minimum atomic E-state index is -0.136. The first-order valence-corrected chi connectivity index (χ1v) is 10.9. The van der Waals surface area contributed by atoms with Gasteiger partial charge in [0.1, 0.15) is 0 Å². The average Bonchev–Trinajstić information content (AvgIpc) is 2.71. The Bertz CT molecular complexity index is 655. The van der Waals surface area contributed by atoms with Gasteiger partial charge in [0.25, 0.3) is 0 Å². The lowest BCUT2D eigenvalue weighted by atomic mass is 9.76. The molecule has 2 heterocycles. The predicted octanol–water partition coefficient (Wildman–Crippen LogP) is 4.08. The van der Waals surface area contributed by atoms with E-state index in [0.717, 1.165) is 18.3 Å². The van der Waals surface area contributed by atoms with Crippen LogP contribution in [0.2, 0.25) is 0 Å². The lowest BCUT2D eigenvalue weighted by Gasteiger charge is -2.38. The fourth-order valence-corrected chi connectivity index (χ4v) is 5.30. The third-order valence-electron chi connectivity index (χ3n) is 6.99. The van der Waals surface area contributed by atoms with Crippen molar-refractivity contribution in [1.29, 1.82) is 0 Å². The fourth-order valence-electron chi connectivity index (χ4n) is 5.30. The summed E-state index contributed by atoms with van der Waals surface area (Å²) in [5.74, 6) is 1.60. The van der Waals surface area contributed by atoms with Gasteiger partial charge in [-0.15, -0.1) is 0 Å². The first-order chi connectivity index (χ1) is 13.2. The summed E-state index contributed by atoms with van der Waals surface area (Å²) >= 11 is 0. The van der Waals surface area contributed by atoms with Crippen molar-refractivity contribution in [2.75, 3.05) is 18.0 Å². The van der Waals surface area contributed by atoms with Crippen molar-refractivity contribution in [2.24, 2.45) is 17.8 Å². The molecule has 2 aliphatic heterocycles. The minimum Gasteiger partial charge on any atom is -0.372 e. The molecule has 1 N–H and O–H groups in total. The van der Waals surface area contributed by atoms with Gasteiger partial charge in [0, 0.05) is 31.1 Å². The van der Waals surface area contributed by atoms with Crippen molar-refractivity contribution >= 4 is 17.5 Å². The molecule has 1 unspecified atom stereocenters. The summed E-state index contributed by atoms with van der Waals surface area (Å²) in [4.78, 5) is 25.7.